The van der Waals surface area contributed by atoms with E-state index in [-0.39, 0.29) is 29.6 Å². The number of aliphatic hydroxyl groups excluding tert-OH is 1. The molecule has 0 aromatic heterocycles. The molecule has 1 N–H and O–H groups in total. The first kappa shape index (κ1) is 14.0. The Morgan fingerprint density at radius 2 is 1.50 bits per heavy atom. The molecule has 0 saturated carbocycles. The molecular formula is C6H9NaO5. The maximum absolute atomic E-state index is 10.6. The molecule has 0 bridgehead atoms. The molecule has 0 aliphatic carbocycles. The van der Waals surface area contributed by atoms with Crippen LogP contribution in [0.1, 0.15) is 0 Å². The average Bonchev–Trinajstić information content (AvgIpc) is 2.05. The van der Waals surface area contributed by atoms with E-state index in [9.17, 15) is 9.59 Å². The summed E-state index contributed by atoms with van der Waals surface area (Å²) in [5.74, 6) is -1.86. The second kappa shape index (κ2) is 7.15. The van der Waals surface area contributed by atoms with Gasteiger partial charge in [0.25, 0.3) is 0 Å². The van der Waals surface area contributed by atoms with E-state index in [0.29, 0.717) is 6.26 Å². The van der Waals surface area contributed by atoms with Gasteiger partial charge in [-0.2, -0.15) is 0 Å². The Morgan fingerprint density at radius 3 is 1.67 bits per heavy atom. The third kappa shape index (κ3) is 3.75. The number of methoxy groups -OCH3 is 2. The van der Waals surface area contributed by atoms with Gasteiger partial charge in [0.15, 0.2) is 5.57 Å². The van der Waals surface area contributed by atoms with Gasteiger partial charge in [-0.15, -0.1) is 0 Å². The van der Waals surface area contributed by atoms with Crippen molar-refractivity contribution >= 4 is 41.5 Å². The Morgan fingerprint density at radius 1 is 1.17 bits per heavy atom. The van der Waals surface area contributed by atoms with Crippen LogP contribution >= 0.6 is 0 Å². The molecule has 0 aliphatic heterocycles. The molecular weight excluding hydrogens is 175 g/mol. The monoisotopic (exact) mass is 184 g/mol. The second-order valence-corrected chi connectivity index (χ2v) is 1.53. The Kier molecular flexibility index (Phi) is 8.36. The molecule has 5 nitrogen and oxygen atoms in total. The SMILES string of the molecule is COC(=O)C(=CO)C(=O)OC.[NaH]. The van der Waals surface area contributed by atoms with E-state index in [0.717, 1.165) is 14.2 Å². The third-order valence-corrected chi connectivity index (χ3v) is 0.940. The Bertz CT molecular complexity index is 180. The van der Waals surface area contributed by atoms with Gasteiger partial charge in [-0.1, -0.05) is 0 Å². The van der Waals surface area contributed by atoms with Crippen molar-refractivity contribution in [3.8, 4) is 0 Å². The van der Waals surface area contributed by atoms with Gasteiger partial charge in [0.1, 0.15) is 6.26 Å². The predicted octanol–water partition coefficient (Wildman–Crippen LogP) is -0.874. The molecule has 0 rings (SSSR count). The number of carbonyl (C=O) groups excluding carboxylic acids is 2. The summed E-state index contributed by atoms with van der Waals surface area (Å²) in [5, 5.41) is 8.37. The number of aliphatic hydroxyl groups is 1. The van der Waals surface area contributed by atoms with Gasteiger partial charge in [-0.3, -0.25) is 0 Å². The topological polar surface area (TPSA) is 72.8 Å². The average molecular weight is 184 g/mol. The number of hydrogen-bond donors (Lipinski definition) is 1. The van der Waals surface area contributed by atoms with Gasteiger partial charge < -0.3 is 14.6 Å². The van der Waals surface area contributed by atoms with E-state index >= 15 is 0 Å². The van der Waals surface area contributed by atoms with Gasteiger partial charge >= 0.3 is 41.5 Å². The van der Waals surface area contributed by atoms with Crippen molar-refractivity contribution in [2.24, 2.45) is 0 Å². The summed E-state index contributed by atoms with van der Waals surface area (Å²) < 4.78 is 8.32. The number of ether oxygens (including phenoxy) is 2. The van der Waals surface area contributed by atoms with Crippen LogP contribution in [0.2, 0.25) is 0 Å². The molecule has 0 aliphatic rings. The first-order chi connectivity index (χ1) is 5.17. The summed E-state index contributed by atoms with van der Waals surface area (Å²) in [4.78, 5) is 21.2. The van der Waals surface area contributed by atoms with E-state index in [2.05, 4.69) is 9.47 Å². The summed E-state index contributed by atoms with van der Waals surface area (Å²) in [6.45, 7) is 0. The molecule has 12 heavy (non-hydrogen) atoms. The summed E-state index contributed by atoms with van der Waals surface area (Å²) in [6, 6.07) is 0. The third-order valence-electron chi connectivity index (χ3n) is 0.940. The minimum absolute atomic E-state index is 0. The summed E-state index contributed by atoms with van der Waals surface area (Å²) in [6.07, 6.45) is 0.345. The molecule has 64 valence electrons. The molecule has 0 amide bonds. The normalized spacial score (nSPS) is 7.50. The molecule has 0 aromatic carbocycles. The van der Waals surface area contributed by atoms with E-state index in [1.54, 1.807) is 0 Å². The molecule has 0 fully saturated rings. The van der Waals surface area contributed by atoms with Gasteiger partial charge in [0.2, 0.25) is 0 Å². The van der Waals surface area contributed by atoms with Crippen molar-refractivity contribution in [2.45, 2.75) is 0 Å². The number of esters is 2. The zero-order chi connectivity index (χ0) is 8.85. The Labute approximate surface area is 91.6 Å². The van der Waals surface area contributed by atoms with Gasteiger partial charge in [0, 0.05) is 0 Å². The zero-order valence-corrected chi connectivity index (χ0v) is 6.16. The van der Waals surface area contributed by atoms with Crippen LogP contribution in [0.4, 0.5) is 0 Å². The van der Waals surface area contributed by atoms with Crippen molar-refractivity contribution in [3.05, 3.63) is 11.8 Å². The summed E-state index contributed by atoms with van der Waals surface area (Å²) in [7, 11) is 2.18. The quantitative estimate of drug-likeness (QED) is 0.151. The van der Waals surface area contributed by atoms with Crippen LogP contribution in [0.25, 0.3) is 0 Å². The predicted molar refractivity (Wildman–Crippen MR) is 41.9 cm³/mol. The van der Waals surface area contributed by atoms with E-state index in [1.807, 2.05) is 0 Å². The second-order valence-electron chi connectivity index (χ2n) is 1.53. The van der Waals surface area contributed by atoms with Crippen LogP contribution in [0.3, 0.4) is 0 Å². The van der Waals surface area contributed by atoms with E-state index < -0.39 is 17.5 Å². The zero-order valence-electron chi connectivity index (χ0n) is 6.16. The van der Waals surface area contributed by atoms with Crippen LogP contribution in [-0.4, -0.2) is 60.8 Å². The van der Waals surface area contributed by atoms with E-state index in [4.69, 9.17) is 5.11 Å². The number of carbonyl (C=O) groups is 2. The summed E-state index contributed by atoms with van der Waals surface area (Å²) >= 11 is 0. The van der Waals surface area contributed by atoms with Gasteiger partial charge in [-0.25, -0.2) is 9.59 Å². The van der Waals surface area contributed by atoms with Crippen LogP contribution in [-0.2, 0) is 19.1 Å². The van der Waals surface area contributed by atoms with Crippen LogP contribution in [0.15, 0.2) is 11.8 Å². The van der Waals surface area contributed by atoms with Crippen molar-refractivity contribution in [1.82, 2.24) is 0 Å². The van der Waals surface area contributed by atoms with Crippen molar-refractivity contribution in [2.75, 3.05) is 14.2 Å². The standard InChI is InChI=1S/C6H8O5.Na.H/c1-10-5(8)4(3-7)6(9)11-2;;/h3,7H,1-2H3;;. The van der Waals surface area contributed by atoms with Gasteiger partial charge in [0.05, 0.1) is 14.2 Å². The van der Waals surface area contributed by atoms with Crippen LogP contribution in [0, 0.1) is 0 Å². The molecule has 0 spiro atoms. The Balaban J connectivity index is 0. The van der Waals surface area contributed by atoms with Gasteiger partial charge in [-0.05, 0) is 0 Å². The maximum atomic E-state index is 10.6. The van der Waals surface area contributed by atoms with Crippen molar-refractivity contribution in [3.63, 3.8) is 0 Å². The molecule has 0 radical (unpaired) electrons. The molecule has 0 aromatic rings. The number of rotatable bonds is 2. The Hall–Kier alpha value is -0.520. The van der Waals surface area contributed by atoms with Crippen molar-refractivity contribution < 1.29 is 24.2 Å². The fraction of sp³-hybridized carbons (Fsp3) is 0.333. The first-order valence-electron chi connectivity index (χ1n) is 2.68. The molecule has 0 unspecified atom stereocenters. The first-order valence-corrected chi connectivity index (χ1v) is 2.68. The molecule has 0 saturated heterocycles. The van der Waals surface area contributed by atoms with E-state index in [1.165, 1.54) is 0 Å². The molecule has 0 atom stereocenters. The van der Waals surface area contributed by atoms with Crippen LogP contribution < -0.4 is 0 Å². The fourth-order valence-corrected chi connectivity index (χ4v) is 0.409. The molecule has 0 heterocycles. The molecule has 6 heteroatoms. The van der Waals surface area contributed by atoms with Crippen LogP contribution in [0.5, 0.6) is 0 Å². The number of hydrogen-bond acceptors (Lipinski definition) is 5. The minimum atomic E-state index is -0.931. The fourth-order valence-electron chi connectivity index (χ4n) is 0.409. The summed E-state index contributed by atoms with van der Waals surface area (Å²) in [5.41, 5.74) is -0.532. The van der Waals surface area contributed by atoms with Crippen molar-refractivity contribution in [1.29, 1.82) is 0 Å².